The zero-order valence-electron chi connectivity index (χ0n) is 16.0. The van der Waals surface area contributed by atoms with E-state index in [9.17, 15) is 0 Å². The van der Waals surface area contributed by atoms with Crippen molar-refractivity contribution in [3.05, 3.63) is 47.2 Å². The van der Waals surface area contributed by atoms with Gasteiger partial charge in [0.25, 0.3) is 0 Å². The van der Waals surface area contributed by atoms with Crippen molar-refractivity contribution in [1.29, 1.82) is 0 Å². The predicted octanol–water partition coefficient (Wildman–Crippen LogP) is 4.73. The van der Waals surface area contributed by atoms with Crippen LogP contribution in [0.5, 0.6) is 0 Å². The second kappa shape index (κ2) is 7.65. The van der Waals surface area contributed by atoms with Crippen molar-refractivity contribution in [2.24, 2.45) is 0 Å². The molecule has 1 aromatic heterocycles. The van der Waals surface area contributed by atoms with E-state index in [1.165, 1.54) is 43.2 Å². The van der Waals surface area contributed by atoms with Crippen molar-refractivity contribution in [2.75, 3.05) is 10.2 Å². The van der Waals surface area contributed by atoms with E-state index < -0.39 is 0 Å². The second-order valence-corrected chi connectivity index (χ2v) is 7.82. The molecule has 0 unspecified atom stereocenters. The first kappa shape index (κ1) is 17.3. The number of hydrogen-bond donors (Lipinski definition) is 1. The maximum atomic E-state index is 4.93. The summed E-state index contributed by atoms with van der Waals surface area (Å²) in [6.45, 7) is 5.41. The zero-order valence-corrected chi connectivity index (χ0v) is 16.0. The van der Waals surface area contributed by atoms with Crippen LogP contribution < -0.4 is 10.2 Å². The lowest BCUT2D eigenvalue weighted by Gasteiger charge is -2.36. The van der Waals surface area contributed by atoms with Gasteiger partial charge in [-0.15, -0.1) is 0 Å². The fourth-order valence-electron chi connectivity index (χ4n) is 4.29. The molecule has 1 fully saturated rings. The molecular formula is C22H30N4. The molecule has 2 heterocycles. The third-order valence-corrected chi connectivity index (χ3v) is 5.87. The van der Waals surface area contributed by atoms with Crippen LogP contribution >= 0.6 is 0 Å². The van der Waals surface area contributed by atoms with Crippen LogP contribution in [0.4, 0.5) is 11.8 Å². The number of anilines is 2. The van der Waals surface area contributed by atoms with Gasteiger partial charge in [0.15, 0.2) is 0 Å². The molecule has 0 radical (unpaired) electrons. The van der Waals surface area contributed by atoms with Gasteiger partial charge in [-0.25, -0.2) is 4.98 Å². The second-order valence-electron chi connectivity index (χ2n) is 7.82. The van der Waals surface area contributed by atoms with Crippen molar-refractivity contribution in [3.63, 3.8) is 0 Å². The number of aryl methyl sites for hydroxylation is 1. The molecule has 1 aliphatic heterocycles. The molecule has 0 saturated heterocycles. The van der Waals surface area contributed by atoms with Crippen molar-refractivity contribution < 1.29 is 0 Å². The van der Waals surface area contributed by atoms with Crippen molar-refractivity contribution in [1.82, 2.24) is 9.97 Å². The first-order valence-electron chi connectivity index (χ1n) is 10.2. The van der Waals surface area contributed by atoms with Gasteiger partial charge in [0.1, 0.15) is 5.82 Å². The molecule has 138 valence electrons. The molecule has 1 saturated carbocycles. The van der Waals surface area contributed by atoms with Crippen LogP contribution in [0, 0.1) is 0 Å². The summed E-state index contributed by atoms with van der Waals surface area (Å²) in [5.41, 5.74) is 4.02. The van der Waals surface area contributed by atoms with Gasteiger partial charge in [-0.2, -0.15) is 4.98 Å². The molecule has 4 rings (SSSR count). The van der Waals surface area contributed by atoms with E-state index in [2.05, 4.69) is 54.4 Å². The minimum absolute atomic E-state index is 0.451. The van der Waals surface area contributed by atoms with Crippen LogP contribution in [-0.2, 0) is 19.4 Å². The molecule has 2 aromatic rings. The molecule has 0 bridgehead atoms. The molecule has 4 heteroatoms. The maximum absolute atomic E-state index is 4.93. The van der Waals surface area contributed by atoms with E-state index >= 15 is 0 Å². The minimum Gasteiger partial charge on any atom is -0.351 e. The Hall–Kier alpha value is -2.10. The Morgan fingerprint density at radius 1 is 1.08 bits per heavy atom. The van der Waals surface area contributed by atoms with E-state index in [0.717, 1.165) is 36.8 Å². The normalized spacial score (nSPS) is 20.7. The molecule has 1 N–H and O–H groups in total. The highest BCUT2D eigenvalue weighted by molar-refractivity contribution is 5.49. The Labute approximate surface area is 157 Å². The summed E-state index contributed by atoms with van der Waals surface area (Å²) in [5.74, 6) is 1.88. The van der Waals surface area contributed by atoms with Gasteiger partial charge in [-0.1, -0.05) is 50.5 Å². The van der Waals surface area contributed by atoms with Crippen molar-refractivity contribution >= 4 is 11.8 Å². The molecule has 0 amide bonds. The lowest BCUT2D eigenvalue weighted by atomic mass is 9.95. The SMILES string of the molecule is CCc1cc(N2Cc3ccccc3C[C@@H]2C)nc(NC2CCCCC2)n1. The molecule has 26 heavy (non-hydrogen) atoms. The monoisotopic (exact) mass is 350 g/mol. The predicted molar refractivity (Wildman–Crippen MR) is 108 cm³/mol. The van der Waals surface area contributed by atoms with Gasteiger partial charge in [0, 0.05) is 30.4 Å². The third kappa shape index (κ3) is 3.69. The number of rotatable bonds is 4. The highest BCUT2D eigenvalue weighted by Gasteiger charge is 2.25. The quantitative estimate of drug-likeness (QED) is 0.865. The Bertz CT molecular complexity index is 752. The maximum Gasteiger partial charge on any atom is 0.225 e. The fraction of sp³-hybridized carbons (Fsp3) is 0.545. The first-order chi connectivity index (χ1) is 12.7. The van der Waals surface area contributed by atoms with E-state index in [1.54, 1.807) is 0 Å². The summed E-state index contributed by atoms with van der Waals surface area (Å²) >= 11 is 0. The summed E-state index contributed by atoms with van der Waals surface area (Å²) in [5, 5.41) is 3.62. The number of aromatic nitrogens is 2. The average Bonchev–Trinajstić information content (AvgIpc) is 2.68. The van der Waals surface area contributed by atoms with Gasteiger partial charge in [-0.3, -0.25) is 0 Å². The summed E-state index contributed by atoms with van der Waals surface area (Å²) in [6.07, 6.45) is 8.49. The van der Waals surface area contributed by atoms with Crippen LogP contribution in [0.2, 0.25) is 0 Å². The van der Waals surface area contributed by atoms with E-state index in [4.69, 9.17) is 9.97 Å². The smallest absolute Gasteiger partial charge is 0.225 e. The summed E-state index contributed by atoms with van der Waals surface area (Å²) in [4.78, 5) is 12.1. The van der Waals surface area contributed by atoms with Crippen LogP contribution in [0.15, 0.2) is 30.3 Å². The summed E-state index contributed by atoms with van der Waals surface area (Å²) in [6, 6.07) is 12.0. The van der Waals surface area contributed by atoms with E-state index in [0.29, 0.717) is 12.1 Å². The number of nitrogens with one attached hydrogen (secondary N) is 1. The number of hydrogen-bond acceptors (Lipinski definition) is 4. The van der Waals surface area contributed by atoms with Gasteiger partial charge < -0.3 is 10.2 Å². The van der Waals surface area contributed by atoms with Gasteiger partial charge in [0.2, 0.25) is 5.95 Å². The highest BCUT2D eigenvalue weighted by Crippen LogP contribution is 2.29. The van der Waals surface area contributed by atoms with E-state index in [-0.39, 0.29) is 0 Å². The highest BCUT2D eigenvalue weighted by atomic mass is 15.3. The lowest BCUT2D eigenvalue weighted by Crippen LogP contribution is -2.39. The Kier molecular flexibility index (Phi) is 5.09. The Balaban J connectivity index is 1.60. The zero-order chi connectivity index (χ0) is 17.9. The Morgan fingerprint density at radius 2 is 1.85 bits per heavy atom. The third-order valence-electron chi connectivity index (χ3n) is 5.87. The van der Waals surface area contributed by atoms with Crippen molar-refractivity contribution in [2.45, 2.75) is 77.4 Å². The molecule has 1 atom stereocenters. The molecule has 4 nitrogen and oxygen atoms in total. The van der Waals surface area contributed by atoms with Crippen LogP contribution in [0.25, 0.3) is 0 Å². The average molecular weight is 351 g/mol. The van der Waals surface area contributed by atoms with Crippen LogP contribution in [0.1, 0.15) is 62.8 Å². The fourth-order valence-corrected chi connectivity index (χ4v) is 4.29. The van der Waals surface area contributed by atoms with Gasteiger partial charge >= 0.3 is 0 Å². The number of benzene rings is 1. The largest absolute Gasteiger partial charge is 0.351 e. The summed E-state index contributed by atoms with van der Waals surface area (Å²) in [7, 11) is 0. The van der Waals surface area contributed by atoms with Gasteiger partial charge in [0.05, 0.1) is 0 Å². The molecule has 2 aliphatic rings. The number of fused-ring (bicyclic) bond motifs is 1. The lowest BCUT2D eigenvalue weighted by molar-refractivity contribution is 0.460. The first-order valence-corrected chi connectivity index (χ1v) is 10.2. The molecule has 1 aliphatic carbocycles. The molecular weight excluding hydrogens is 320 g/mol. The summed E-state index contributed by atoms with van der Waals surface area (Å²) < 4.78 is 0. The standard InChI is InChI=1S/C22H30N4/c1-3-19-14-21(25-22(23-19)24-20-11-5-4-6-12-20)26-15-18-10-8-7-9-17(18)13-16(26)2/h7-10,14,16,20H,3-6,11-13,15H2,1-2H3,(H,23,24,25)/t16-/m0/s1. The topological polar surface area (TPSA) is 41.1 Å². The molecule has 0 spiro atoms. The van der Waals surface area contributed by atoms with Gasteiger partial charge in [-0.05, 0) is 43.7 Å². The minimum atomic E-state index is 0.451. The van der Waals surface area contributed by atoms with Crippen LogP contribution in [0.3, 0.4) is 0 Å². The van der Waals surface area contributed by atoms with Crippen molar-refractivity contribution in [3.8, 4) is 0 Å². The van der Waals surface area contributed by atoms with Crippen LogP contribution in [-0.4, -0.2) is 22.1 Å². The number of nitrogens with zero attached hydrogens (tertiary/aromatic N) is 3. The molecule has 1 aromatic carbocycles. The van der Waals surface area contributed by atoms with E-state index in [1.807, 2.05) is 0 Å². The Morgan fingerprint density at radius 3 is 2.62 bits per heavy atom.